The molecule has 0 saturated carbocycles. The predicted octanol–water partition coefficient (Wildman–Crippen LogP) is 9.14. The molecule has 46 heavy (non-hydrogen) atoms. The van der Waals surface area contributed by atoms with Crippen LogP contribution in [0.25, 0.3) is 0 Å². The number of benzene rings is 2. The minimum atomic E-state index is -0.430. The van der Waals surface area contributed by atoms with E-state index in [-0.39, 0.29) is 12.6 Å². The van der Waals surface area contributed by atoms with Gasteiger partial charge in [-0.2, -0.15) is 10.2 Å². The van der Waals surface area contributed by atoms with Crippen LogP contribution in [-0.2, 0) is 19.1 Å². The monoisotopic (exact) mass is 628 g/mol. The highest BCUT2D eigenvalue weighted by Crippen LogP contribution is 2.25. The van der Waals surface area contributed by atoms with Crippen LogP contribution in [0.3, 0.4) is 0 Å². The van der Waals surface area contributed by atoms with E-state index in [4.69, 9.17) is 14.2 Å². The third-order valence-corrected chi connectivity index (χ3v) is 6.86. The average Bonchev–Trinajstić information content (AvgIpc) is 3.09. The van der Waals surface area contributed by atoms with Crippen molar-refractivity contribution in [2.24, 2.45) is 20.5 Å². The van der Waals surface area contributed by atoms with Crippen LogP contribution in [0.2, 0.25) is 0 Å². The first-order valence-corrected chi connectivity index (χ1v) is 15.7. The minimum Gasteiger partial charge on any atom is -0.492 e. The summed E-state index contributed by atoms with van der Waals surface area (Å²) in [6.07, 6.45) is 10.9. The normalized spacial score (nSPS) is 11.1. The number of azo groups is 2. The van der Waals surface area contributed by atoms with Gasteiger partial charge in [0.05, 0.1) is 43.0 Å². The maximum atomic E-state index is 11.2. The number of nitrogens with zero attached hydrogens (tertiary/aromatic N) is 6. The van der Waals surface area contributed by atoms with E-state index in [1.807, 2.05) is 73.5 Å². The van der Waals surface area contributed by atoms with Gasteiger partial charge >= 0.3 is 11.9 Å². The Hall–Kier alpha value is -4.93. The lowest BCUT2D eigenvalue weighted by Gasteiger charge is -2.18. The Kier molecular flexibility index (Phi) is 16.2. The standard InChI is InChI=1S/C35H44N6O5/c1-4-34(42)45-25-12-10-8-6-7-9-11-24-44-32-21-22-33(36-27-32)40-39-29-15-13-28(14-16-29)37-38-30-17-19-31(20-18-30)41(3)23-26-46-35(43)5-2/h5,13-22,27H,2,4,6-12,23-26H2,1,3H3. The molecular weight excluding hydrogens is 584 g/mol. The average molecular weight is 629 g/mol. The third kappa shape index (κ3) is 14.2. The van der Waals surface area contributed by atoms with E-state index in [0.29, 0.717) is 54.8 Å². The first-order valence-electron chi connectivity index (χ1n) is 15.7. The summed E-state index contributed by atoms with van der Waals surface area (Å²) in [6, 6.07) is 18.5. The molecule has 1 aromatic heterocycles. The van der Waals surface area contributed by atoms with E-state index in [1.54, 1.807) is 12.3 Å². The first kappa shape index (κ1) is 35.5. The van der Waals surface area contributed by atoms with E-state index >= 15 is 0 Å². The van der Waals surface area contributed by atoms with Gasteiger partial charge in [0.2, 0.25) is 0 Å². The smallest absolute Gasteiger partial charge is 0.330 e. The van der Waals surface area contributed by atoms with Crippen molar-refractivity contribution in [1.82, 2.24) is 4.98 Å². The topological polar surface area (TPSA) is 127 Å². The molecule has 0 aliphatic carbocycles. The maximum absolute atomic E-state index is 11.2. The number of hydrogen-bond acceptors (Lipinski definition) is 11. The predicted molar refractivity (Wildman–Crippen MR) is 179 cm³/mol. The highest BCUT2D eigenvalue weighted by Gasteiger charge is 2.03. The van der Waals surface area contributed by atoms with Crippen LogP contribution in [0.15, 0.2) is 100.0 Å². The second-order valence-electron chi connectivity index (χ2n) is 10.5. The van der Waals surface area contributed by atoms with Crippen molar-refractivity contribution in [3.63, 3.8) is 0 Å². The van der Waals surface area contributed by atoms with Crippen molar-refractivity contribution in [1.29, 1.82) is 0 Å². The van der Waals surface area contributed by atoms with E-state index in [9.17, 15) is 9.59 Å². The summed E-state index contributed by atoms with van der Waals surface area (Å²) in [5.41, 5.74) is 3.05. The molecule has 11 nitrogen and oxygen atoms in total. The molecule has 1 heterocycles. The fourth-order valence-corrected chi connectivity index (χ4v) is 4.14. The number of esters is 2. The van der Waals surface area contributed by atoms with Crippen LogP contribution in [-0.4, -0.2) is 50.3 Å². The number of carbonyl (C=O) groups excluding carboxylic acids is 2. The molecule has 3 rings (SSSR count). The van der Waals surface area contributed by atoms with E-state index < -0.39 is 5.97 Å². The number of pyridine rings is 1. The highest BCUT2D eigenvalue weighted by atomic mass is 16.5. The van der Waals surface area contributed by atoms with Gasteiger partial charge in [0.25, 0.3) is 0 Å². The Labute approximate surface area is 271 Å². The number of anilines is 1. The van der Waals surface area contributed by atoms with E-state index in [2.05, 4.69) is 32.0 Å². The fraction of sp³-hybridized carbons (Fsp3) is 0.400. The quantitative estimate of drug-likeness (QED) is 0.0498. The SMILES string of the molecule is C=CC(=O)OCCN(C)c1ccc(N=Nc2ccc(N=Nc3ccc(OCCCCCCCCCOC(=O)CC)cn3)cc2)cc1. The molecule has 0 atom stereocenters. The van der Waals surface area contributed by atoms with Crippen LogP contribution in [0.5, 0.6) is 5.75 Å². The van der Waals surface area contributed by atoms with Gasteiger partial charge in [0, 0.05) is 25.2 Å². The second-order valence-corrected chi connectivity index (χ2v) is 10.5. The Morgan fingerprint density at radius 3 is 1.87 bits per heavy atom. The summed E-state index contributed by atoms with van der Waals surface area (Å²) in [5.74, 6) is 0.655. The van der Waals surface area contributed by atoms with Crippen LogP contribution in [0.1, 0.15) is 58.3 Å². The van der Waals surface area contributed by atoms with Crippen molar-refractivity contribution in [3.05, 3.63) is 79.5 Å². The number of rotatable bonds is 21. The van der Waals surface area contributed by atoms with Gasteiger partial charge in [0.1, 0.15) is 12.4 Å². The number of unbranched alkanes of at least 4 members (excludes halogenated alkanes) is 6. The first-order chi connectivity index (χ1) is 22.5. The van der Waals surface area contributed by atoms with Crippen molar-refractivity contribution in [2.75, 3.05) is 38.3 Å². The Morgan fingerprint density at radius 1 is 0.739 bits per heavy atom. The van der Waals surface area contributed by atoms with Gasteiger partial charge in [-0.05, 0) is 73.5 Å². The third-order valence-electron chi connectivity index (χ3n) is 6.86. The Balaban J connectivity index is 1.31. The molecule has 0 fully saturated rings. The Bertz CT molecular complexity index is 1390. The van der Waals surface area contributed by atoms with Gasteiger partial charge in [-0.25, -0.2) is 9.78 Å². The van der Waals surface area contributed by atoms with Crippen molar-refractivity contribution >= 4 is 40.5 Å². The number of aromatic nitrogens is 1. The van der Waals surface area contributed by atoms with E-state index in [0.717, 1.165) is 43.9 Å². The summed E-state index contributed by atoms with van der Waals surface area (Å²) >= 11 is 0. The van der Waals surface area contributed by atoms with Gasteiger partial charge in [-0.1, -0.05) is 45.6 Å². The molecule has 11 heteroatoms. The molecule has 0 radical (unpaired) electrons. The molecule has 0 spiro atoms. The van der Waals surface area contributed by atoms with Crippen LogP contribution in [0.4, 0.5) is 28.6 Å². The summed E-state index contributed by atoms with van der Waals surface area (Å²) in [4.78, 5) is 28.6. The fourth-order valence-electron chi connectivity index (χ4n) is 4.14. The van der Waals surface area contributed by atoms with Crippen molar-refractivity contribution < 1.29 is 23.8 Å². The highest BCUT2D eigenvalue weighted by molar-refractivity contribution is 5.81. The van der Waals surface area contributed by atoms with Crippen LogP contribution >= 0.6 is 0 Å². The number of likely N-dealkylation sites (N-methyl/N-ethyl adjacent to an activating group) is 1. The lowest BCUT2D eigenvalue weighted by molar-refractivity contribution is -0.143. The zero-order chi connectivity index (χ0) is 32.8. The summed E-state index contributed by atoms with van der Waals surface area (Å²) in [5, 5.41) is 17.1. The van der Waals surface area contributed by atoms with Crippen molar-refractivity contribution in [3.8, 4) is 5.75 Å². The molecule has 3 aromatic rings. The van der Waals surface area contributed by atoms with Gasteiger partial charge in [-0.15, -0.1) is 10.2 Å². The molecular formula is C35H44N6O5. The summed E-state index contributed by atoms with van der Waals surface area (Å²) in [7, 11) is 1.92. The minimum absolute atomic E-state index is 0.119. The number of ether oxygens (including phenoxy) is 3. The molecule has 0 N–H and O–H groups in total. The lowest BCUT2D eigenvalue weighted by Crippen LogP contribution is -2.23. The molecule has 2 aromatic carbocycles. The maximum Gasteiger partial charge on any atom is 0.330 e. The molecule has 0 bridgehead atoms. The summed E-state index contributed by atoms with van der Waals surface area (Å²) < 4.78 is 15.9. The van der Waals surface area contributed by atoms with Gasteiger partial charge in [-0.3, -0.25) is 4.79 Å². The number of carbonyl (C=O) groups is 2. The molecule has 0 aliphatic rings. The van der Waals surface area contributed by atoms with Crippen LogP contribution < -0.4 is 9.64 Å². The number of hydrogen-bond donors (Lipinski definition) is 0. The van der Waals surface area contributed by atoms with Crippen LogP contribution in [0, 0.1) is 0 Å². The largest absolute Gasteiger partial charge is 0.492 e. The Morgan fingerprint density at radius 2 is 1.30 bits per heavy atom. The molecule has 0 unspecified atom stereocenters. The molecule has 244 valence electrons. The molecule has 0 amide bonds. The zero-order valence-electron chi connectivity index (χ0n) is 26.8. The van der Waals surface area contributed by atoms with Gasteiger partial charge in [0.15, 0.2) is 5.82 Å². The second kappa shape index (κ2) is 20.9. The summed E-state index contributed by atoms with van der Waals surface area (Å²) in [6.45, 7) is 7.22. The zero-order valence-corrected chi connectivity index (χ0v) is 26.8. The lowest BCUT2D eigenvalue weighted by atomic mass is 10.1. The molecule has 0 saturated heterocycles. The van der Waals surface area contributed by atoms with E-state index in [1.165, 1.54) is 12.8 Å². The molecule has 0 aliphatic heterocycles. The van der Waals surface area contributed by atoms with Crippen molar-refractivity contribution in [2.45, 2.75) is 58.3 Å². The van der Waals surface area contributed by atoms with Gasteiger partial charge < -0.3 is 19.1 Å².